The quantitative estimate of drug-likeness (QED) is 0.767. The fourth-order valence-corrected chi connectivity index (χ4v) is 2.77. The van der Waals surface area contributed by atoms with Gasteiger partial charge in [-0.3, -0.25) is 4.79 Å². The molecule has 0 saturated carbocycles. The van der Waals surface area contributed by atoms with Crippen LogP contribution in [0.5, 0.6) is 0 Å². The van der Waals surface area contributed by atoms with Crippen LogP contribution in [0.1, 0.15) is 18.4 Å². The summed E-state index contributed by atoms with van der Waals surface area (Å²) >= 11 is 6.24. The van der Waals surface area contributed by atoms with Gasteiger partial charge in [-0.25, -0.2) is 0 Å². The van der Waals surface area contributed by atoms with Crippen LogP contribution in [0.25, 0.3) is 0 Å². The van der Waals surface area contributed by atoms with Gasteiger partial charge in [0.2, 0.25) is 5.91 Å². The van der Waals surface area contributed by atoms with Crippen molar-refractivity contribution in [1.82, 2.24) is 5.32 Å². The van der Waals surface area contributed by atoms with Gasteiger partial charge in [0, 0.05) is 18.3 Å². The molecule has 1 atom stereocenters. The molecule has 1 saturated heterocycles. The Morgan fingerprint density at radius 1 is 1.39 bits per heavy atom. The zero-order valence-corrected chi connectivity index (χ0v) is 10.8. The summed E-state index contributed by atoms with van der Waals surface area (Å²) in [5.74, 6) is 0.0394. The molecule has 3 rings (SSSR count). The normalized spacial score (nSPS) is 22.5. The molecule has 0 radical (unpaired) electrons. The summed E-state index contributed by atoms with van der Waals surface area (Å²) in [5.41, 5.74) is 2.80. The van der Waals surface area contributed by atoms with E-state index in [1.807, 2.05) is 12.1 Å². The first-order valence-corrected chi connectivity index (χ1v) is 6.70. The number of carbonyl (C=O) groups is 1. The number of halogens is 1. The smallest absolute Gasteiger partial charge is 0.228 e. The van der Waals surface area contributed by atoms with Crippen LogP contribution >= 0.6 is 11.6 Å². The first kappa shape index (κ1) is 11.8. The van der Waals surface area contributed by atoms with Gasteiger partial charge in [0.25, 0.3) is 0 Å². The van der Waals surface area contributed by atoms with Crippen molar-refractivity contribution >= 4 is 28.9 Å². The topological polar surface area (TPSA) is 53.2 Å². The van der Waals surface area contributed by atoms with Gasteiger partial charge in [-0.2, -0.15) is 0 Å². The van der Waals surface area contributed by atoms with E-state index in [1.54, 1.807) is 0 Å². The average Bonchev–Trinajstić information content (AvgIpc) is 2.70. The lowest BCUT2D eigenvalue weighted by Crippen LogP contribution is -2.38. The van der Waals surface area contributed by atoms with Gasteiger partial charge in [0.05, 0.1) is 17.1 Å². The highest BCUT2D eigenvalue weighted by Crippen LogP contribution is 2.33. The highest BCUT2D eigenvalue weighted by atomic mass is 35.5. The fourth-order valence-electron chi connectivity index (χ4n) is 2.55. The summed E-state index contributed by atoms with van der Waals surface area (Å²) in [5, 5.41) is 10.3. The summed E-state index contributed by atoms with van der Waals surface area (Å²) < 4.78 is 0. The summed E-state index contributed by atoms with van der Waals surface area (Å²) in [4.78, 5) is 11.3. The van der Waals surface area contributed by atoms with E-state index in [-0.39, 0.29) is 5.91 Å². The summed E-state index contributed by atoms with van der Waals surface area (Å²) in [6.07, 6.45) is 2.78. The van der Waals surface area contributed by atoms with E-state index in [0.29, 0.717) is 17.5 Å². The second-order valence-corrected chi connectivity index (χ2v) is 5.31. The van der Waals surface area contributed by atoms with Crippen LogP contribution in [-0.2, 0) is 11.2 Å². The number of carbonyl (C=O) groups excluding carboxylic acids is 1. The van der Waals surface area contributed by atoms with E-state index in [0.717, 1.165) is 36.4 Å². The van der Waals surface area contributed by atoms with E-state index in [9.17, 15) is 4.79 Å². The van der Waals surface area contributed by atoms with Crippen LogP contribution < -0.4 is 16.0 Å². The van der Waals surface area contributed by atoms with Crippen LogP contribution in [0.2, 0.25) is 5.02 Å². The van der Waals surface area contributed by atoms with Crippen LogP contribution in [0.3, 0.4) is 0 Å². The molecule has 1 unspecified atom stereocenters. The lowest BCUT2D eigenvalue weighted by atomic mass is 10.1. The third kappa shape index (κ3) is 2.31. The first-order valence-electron chi connectivity index (χ1n) is 6.32. The molecule has 1 fully saturated rings. The molecule has 1 aromatic rings. The molecule has 18 heavy (non-hydrogen) atoms. The number of rotatable bonds is 2. The lowest BCUT2D eigenvalue weighted by Gasteiger charge is -2.25. The highest BCUT2D eigenvalue weighted by molar-refractivity contribution is 6.33. The Kier molecular flexibility index (Phi) is 3.14. The van der Waals surface area contributed by atoms with Crippen LogP contribution in [0.4, 0.5) is 11.4 Å². The van der Waals surface area contributed by atoms with Gasteiger partial charge in [0.15, 0.2) is 0 Å². The van der Waals surface area contributed by atoms with E-state index >= 15 is 0 Å². The van der Waals surface area contributed by atoms with Crippen molar-refractivity contribution in [3.05, 3.63) is 22.7 Å². The predicted molar refractivity (Wildman–Crippen MR) is 73.3 cm³/mol. The monoisotopic (exact) mass is 265 g/mol. The summed E-state index contributed by atoms with van der Waals surface area (Å²) in [7, 11) is 0. The Morgan fingerprint density at radius 2 is 2.28 bits per heavy atom. The minimum Gasteiger partial charge on any atom is -0.380 e. The standard InChI is InChI=1S/C13H16ClN3O/c14-10-6-11-8(5-13(18)17-11)4-12(10)16-9-2-1-3-15-7-9/h4,6,9,15-16H,1-3,5,7H2,(H,17,18). The lowest BCUT2D eigenvalue weighted by molar-refractivity contribution is -0.115. The molecule has 2 aliphatic rings. The number of anilines is 2. The van der Waals surface area contributed by atoms with Crippen molar-refractivity contribution in [3.8, 4) is 0 Å². The Labute approximate surface area is 111 Å². The van der Waals surface area contributed by atoms with Crippen LogP contribution in [0, 0.1) is 0 Å². The summed E-state index contributed by atoms with van der Waals surface area (Å²) in [6.45, 7) is 2.05. The molecule has 96 valence electrons. The molecule has 1 aromatic carbocycles. The SMILES string of the molecule is O=C1Cc2cc(NC3CCCNC3)c(Cl)cc2N1. The average molecular weight is 266 g/mol. The Hall–Kier alpha value is -1.26. The Bertz CT molecular complexity index is 483. The molecular formula is C13H16ClN3O. The van der Waals surface area contributed by atoms with Crippen molar-refractivity contribution in [2.75, 3.05) is 23.7 Å². The van der Waals surface area contributed by atoms with E-state index in [1.165, 1.54) is 6.42 Å². The molecule has 2 heterocycles. The van der Waals surface area contributed by atoms with Gasteiger partial charge in [0.1, 0.15) is 0 Å². The molecule has 0 bridgehead atoms. The number of amides is 1. The minimum absolute atomic E-state index is 0.0394. The Balaban J connectivity index is 1.80. The molecule has 4 nitrogen and oxygen atoms in total. The van der Waals surface area contributed by atoms with Crippen molar-refractivity contribution in [1.29, 1.82) is 0 Å². The van der Waals surface area contributed by atoms with Gasteiger partial charge >= 0.3 is 0 Å². The van der Waals surface area contributed by atoms with Gasteiger partial charge < -0.3 is 16.0 Å². The predicted octanol–water partition coefficient (Wildman–Crippen LogP) is 2.00. The second-order valence-electron chi connectivity index (χ2n) is 4.90. The van der Waals surface area contributed by atoms with Gasteiger partial charge in [-0.1, -0.05) is 11.6 Å². The molecule has 5 heteroatoms. The van der Waals surface area contributed by atoms with Gasteiger partial charge in [-0.15, -0.1) is 0 Å². The maximum absolute atomic E-state index is 11.3. The van der Waals surface area contributed by atoms with Crippen molar-refractivity contribution in [2.45, 2.75) is 25.3 Å². The van der Waals surface area contributed by atoms with Crippen molar-refractivity contribution < 1.29 is 4.79 Å². The minimum atomic E-state index is 0.0394. The number of benzene rings is 1. The van der Waals surface area contributed by atoms with E-state index in [2.05, 4.69) is 16.0 Å². The molecule has 3 N–H and O–H groups in total. The zero-order chi connectivity index (χ0) is 12.5. The third-order valence-electron chi connectivity index (χ3n) is 3.47. The fraction of sp³-hybridized carbons (Fsp3) is 0.462. The number of hydrogen-bond donors (Lipinski definition) is 3. The van der Waals surface area contributed by atoms with Crippen molar-refractivity contribution in [2.24, 2.45) is 0 Å². The maximum atomic E-state index is 11.3. The molecule has 1 amide bonds. The van der Waals surface area contributed by atoms with E-state index < -0.39 is 0 Å². The summed E-state index contributed by atoms with van der Waals surface area (Å²) in [6, 6.07) is 4.24. The molecule has 2 aliphatic heterocycles. The Morgan fingerprint density at radius 3 is 3.06 bits per heavy atom. The van der Waals surface area contributed by atoms with Crippen LogP contribution in [-0.4, -0.2) is 25.0 Å². The molecule has 0 aliphatic carbocycles. The van der Waals surface area contributed by atoms with Crippen LogP contribution in [0.15, 0.2) is 12.1 Å². The second kappa shape index (κ2) is 4.78. The van der Waals surface area contributed by atoms with Gasteiger partial charge in [-0.05, 0) is 37.1 Å². The first-order chi connectivity index (χ1) is 8.72. The van der Waals surface area contributed by atoms with E-state index in [4.69, 9.17) is 11.6 Å². The molecular weight excluding hydrogens is 250 g/mol. The molecule has 0 spiro atoms. The maximum Gasteiger partial charge on any atom is 0.228 e. The number of fused-ring (bicyclic) bond motifs is 1. The van der Waals surface area contributed by atoms with Crippen molar-refractivity contribution in [3.63, 3.8) is 0 Å². The number of piperidine rings is 1. The number of hydrogen-bond acceptors (Lipinski definition) is 3. The zero-order valence-electron chi connectivity index (χ0n) is 10.1. The highest BCUT2D eigenvalue weighted by Gasteiger charge is 2.21. The number of nitrogens with one attached hydrogen (secondary N) is 3. The third-order valence-corrected chi connectivity index (χ3v) is 3.79. The molecule has 0 aromatic heterocycles. The largest absolute Gasteiger partial charge is 0.380 e.